The Hall–Kier alpha value is -3.92. The van der Waals surface area contributed by atoms with Gasteiger partial charge in [0.05, 0.1) is 11.3 Å². The second kappa shape index (κ2) is 8.62. The molecular weight excluding hydrogens is 372 g/mol. The van der Waals surface area contributed by atoms with Crippen molar-refractivity contribution in [1.82, 2.24) is 5.43 Å². The number of hydrazone groups is 1. The molecular formula is C26H22N2O2. The van der Waals surface area contributed by atoms with Gasteiger partial charge in [0.2, 0.25) is 0 Å². The molecule has 148 valence electrons. The summed E-state index contributed by atoms with van der Waals surface area (Å²) in [6.07, 6.45) is 0. The van der Waals surface area contributed by atoms with E-state index in [1.807, 2.05) is 67.6 Å². The van der Waals surface area contributed by atoms with Gasteiger partial charge in [0.15, 0.2) is 0 Å². The lowest BCUT2D eigenvalue weighted by Crippen LogP contribution is -2.20. The fourth-order valence-electron chi connectivity index (χ4n) is 3.37. The van der Waals surface area contributed by atoms with Crippen LogP contribution < -0.4 is 5.43 Å². The molecule has 1 aromatic heterocycles. The van der Waals surface area contributed by atoms with E-state index in [2.05, 4.69) is 34.8 Å². The predicted molar refractivity (Wildman–Crippen MR) is 120 cm³/mol. The molecule has 1 N–H and O–H groups in total. The number of rotatable bonds is 5. The number of hydrogen-bond acceptors (Lipinski definition) is 3. The number of aryl methyl sites for hydroxylation is 2. The maximum atomic E-state index is 12.6. The highest BCUT2D eigenvalue weighted by Crippen LogP contribution is 2.21. The van der Waals surface area contributed by atoms with Gasteiger partial charge >= 0.3 is 0 Å². The molecule has 0 spiro atoms. The quantitative estimate of drug-likeness (QED) is 0.346. The Kier molecular flexibility index (Phi) is 5.57. The van der Waals surface area contributed by atoms with Crippen LogP contribution in [0.2, 0.25) is 0 Å². The monoisotopic (exact) mass is 394 g/mol. The first-order valence-corrected chi connectivity index (χ1v) is 9.78. The molecule has 0 saturated heterocycles. The number of nitrogens with zero attached hydrogens (tertiary/aromatic N) is 1. The first kappa shape index (κ1) is 19.4. The average Bonchev–Trinajstić information content (AvgIpc) is 3.13. The molecule has 4 rings (SSSR count). The van der Waals surface area contributed by atoms with Crippen LogP contribution in [0.5, 0.6) is 0 Å². The van der Waals surface area contributed by atoms with Crippen molar-refractivity contribution in [2.24, 2.45) is 5.10 Å². The van der Waals surface area contributed by atoms with Crippen LogP contribution in [0.4, 0.5) is 0 Å². The summed E-state index contributed by atoms with van der Waals surface area (Å²) in [5.74, 6) is 0.980. The molecule has 0 aliphatic heterocycles. The van der Waals surface area contributed by atoms with Gasteiger partial charge < -0.3 is 4.42 Å². The van der Waals surface area contributed by atoms with E-state index >= 15 is 0 Å². The van der Waals surface area contributed by atoms with Gasteiger partial charge in [-0.05, 0) is 31.0 Å². The molecule has 4 nitrogen and oxygen atoms in total. The first-order valence-electron chi connectivity index (χ1n) is 9.78. The number of benzene rings is 3. The molecule has 0 unspecified atom stereocenters. The van der Waals surface area contributed by atoms with E-state index in [-0.39, 0.29) is 5.91 Å². The van der Waals surface area contributed by atoms with Gasteiger partial charge in [-0.2, -0.15) is 5.10 Å². The number of amides is 1. The topological polar surface area (TPSA) is 54.6 Å². The third-order valence-electron chi connectivity index (χ3n) is 4.87. The summed E-state index contributed by atoms with van der Waals surface area (Å²) < 4.78 is 5.46. The van der Waals surface area contributed by atoms with E-state index in [0.29, 0.717) is 22.8 Å². The van der Waals surface area contributed by atoms with Crippen LogP contribution in [0.15, 0.2) is 101 Å². The fraction of sp³-hybridized carbons (Fsp3) is 0.0769. The van der Waals surface area contributed by atoms with Gasteiger partial charge in [-0.1, -0.05) is 84.9 Å². The zero-order valence-electron chi connectivity index (χ0n) is 16.9. The third-order valence-corrected chi connectivity index (χ3v) is 4.87. The normalized spacial score (nSPS) is 11.3. The Morgan fingerprint density at radius 1 is 0.767 bits per heavy atom. The minimum Gasteiger partial charge on any atom is -0.466 e. The summed E-state index contributed by atoms with van der Waals surface area (Å²) in [4.78, 5) is 12.6. The molecule has 1 amide bonds. The van der Waals surface area contributed by atoms with Gasteiger partial charge in [-0.15, -0.1) is 0 Å². The van der Waals surface area contributed by atoms with E-state index in [4.69, 9.17) is 4.42 Å². The highest BCUT2D eigenvalue weighted by Gasteiger charge is 2.14. The van der Waals surface area contributed by atoms with Gasteiger partial charge in [0.25, 0.3) is 5.91 Å². The summed E-state index contributed by atoms with van der Waals surface area (Å²) in [7, 11) is 0. The number of hydrogen-bond donors (Lipinski definition) is 1. The molecule has 4 aromatic rings. The summed E-state index contributed by atoms with van der Waals surface area (Å²) in [5.41, 5.74) is 7.99. The van der Waals surface area contributed by atoms with E-state index in [0.717, 1.165) is 22.3 Å². The minimum atomic E-state index is -0.293. The standard InChI is InChI=1S/C26H22N2O2/c1-18-17-24(19(2)30-18)26(29)28-27-25(22-11-7-4-8-12-22)23-15-13-21(14-16-23)20-9-5-3-6-10-20/h3-17H,1-2H3,(H,28,29)/b27-25-. The van der Waals surface area contributed by atoms with Crippen LogP contribution in [-0.2, 0) is 0 Å². The zero-order chi connectivity index (χ0) is 20.9. The number of carbonyl (C=O) groups is 1. The van der Waals surface area contributed by atoms with Crippen molar-refractivity contribution < 1.29 is 9.21 Å². The van der Waals surface area contributed by atoms with Gasteiger partial charge in [-0.25, -0.2) is 5.43 Å². The Balaban J connectivity index is 1.66. The van der Waals surface area contributed by atoms with Crippen LogP contribution in [0, 0.1) is 13.8 Å². The van der Waals surface area contributed by atoms with Crippen molar-refractivity contribution in [3.8, 4) is 11.1 Å². The fourth-order valence-corrected chi connectivity index (χ4v) is 3.37. The summed E-state index contributed by atoms with van der Waals surface area (Å²) in [6.45, 7) is 3.59. The van der Waals surface area contributed by atoms with Crippen molar-refractivity contribution in [2.45, 2.75) is 13.8 Å². The molecule has 0 atom stereocenters. The lowest BCUT2D eigenvalue weighted by atomic mass is 9.99. The van der Waals surface area contributed by atoms with Crippen LogP contribution in [0.25, 0.3) is 11.1 Å². The number of carbonyl (C=O) groups excluding carboxylic acids is 1. The van der Waals surface area contributed by atoms with Crippen molar-refractivity contribution in [3.63, 3.8) is 0 Å². The Bertz CT molecular complexity index is 1170. The summed E-state index contributed by atoms with van der Waals surface area (Å²) >= 11 is 0. The average molecular weight is 394 g/mol. The maximum absolute atomic E-state index is 12.6. The smallest absolute Gasteiger partial charge is 0.274 e. The van der Waals surface area contributed by atoms with E-state index < -0.39 is 0 Å². The molecule has 0 aliphatic rings. The maximum Gasteiger partial charge on any atom is 0.274 e. The molecule has 3 aromatic carbocycles. The molecule has 0 aliphatic carbocycles. The zero-order valence-corrected chi connectivity index (χ0v) is 16.9. The lowest BCUT2D eigenvalue weighted by molar-refractivity contribution is 0.0953. The predicted octanol–water partition coefficient (Wildman–Crippen LogP) is 5.75. The molecule has 0 radical (unpaired) electrons. The van der Waals surface area contributed by atoms with E-state index in [1.165, 1.54) is 0 Å². The second-order valence-electron chi connectivity index (χ2n) is 7.04. The molecule has 30 heavy (non-hydrogen) atoms. The molecule has 0 fully saturated rings. The largest absolute Gasteiger partial charge is 0.466 e. The Labute approximate surface area is 175 Å². The highest BCUT2D eigenvalue weighted by atomic mass is 16.3. The van der Waals surface area contributed by atoms with E-state index in [9.17, 15) is 4.79 Å². The van der Waals surface area contributed by atoms with Crippen LogP contribution >= 0.6 is 0 Å². The van der Waals surface area contributed by atoms with Gasteiger partial charge in [-0.3, -0.25) is 4.79 Å². The second-order valence-corrected chi connectivity index (χ2v) is 7.04. The first-order chi connectivity index (χ1) is 14.6. The minimum absolute atomic E-state index is 0.293. The molecule has 4 heteroatoms. The number of furan rings is 1. The summed E-state index contributed by atoms with van der Waals surface area (Å²) in [5, 5.41) is 4.47. The van der Waals surface area contributed by atoms with Crippen molar-refractivity contribution in [1.29, 1.82) is 0 Å². The van der Waals surface area contributed by atoms with Crippen molar-refractivity contribution in [3.05, 3.63) is 119 Å². The van der Waals surface area contributed by atoms with Crippen LogP contribution in [0.3, 0.4) is 0 Å². The van der Waals surface area contributed by atoms with Crippen LogP contribution in [-0.4, -0.2) is 11.6 Å². The molecule has 0 saturated carbocycles. The highest BCUT2D eigenvalue weighted by molar-refractivity contribution is 6.13. The van der Waals surface area contributed by atoms with Gasteiger partial charge in [0, 0.05) is 11.1 Å². The molecule has 0 bridgehead atoms. The number of nitrogens with one attached hydrogen (secondary N) is 1. The van der Waals surface area contributed by atoms with Crippen molar-refractivity contribution in [2.75, 3.05) is 0 Å². The van der Waals surface area contributed by atoms with Crippen molar-refractivity contribution >= 4 is 11.6 Å². The molecule has 1 heterocycles. The Morgan fingerprint density at radius 3 is 1.93 bits per heavy atom. The lowest BCUT2D eigenvalue weighted by Gasteiger charge is -2.09. The van der Waals surface area contributed by atoms with Crippen LogP contribution in [0.1, 0.15) is 33.0 Å². The SMILES string of the molecule is Cc1cc(C(=O)N/N=C(/c2ccccc2)c2ccc(-c3ccccc3)cc2)c(C)o1. The third kappa shape index (κ3) is 4.23. The van der Waals surface area contributed by atoms with E-state index in [1.54, 1.807) is 13.0 Å². The van der Waals surface area contributed by atoms with Gasteiger partial charge in [0.1, 0.15) is 11.5 Å². The Morgan fingerprint density at radius 2 is 1.33 bits per heavy atom. The summed E-state index contributed by atoms with van der Waals surface area (Å²) in [6, 6.07) is 29.9.